The first kappa shape index (κ1) is 37.2. The molecule has 1 aliphatic carbocycles. The van der Waals surface area contributed by atoms with Crippen molar-refractivity contribution in [2.75, 3.05) is 6.54 Å². The number of hydrogen-bond donors (Lipinski definition) is 5. The minimum Gasteiger partial charge on any atom is -0.508 e. The first-order chi connectivity index (χ1) is 21.9. The third-order valence-electron chi connectivity index (χ3n) is 11.0. The molecule has 2 fully saturated rings. The zero-order valence-electron chi connectivity index (χ0n) is 29.4. The summed E-state index contributed by atoms with van der Waals surface area (Å²) in [6, 6.07) is 2.70. The molecule has 7 unspecified atom stereocenters. The topological polar surface area (TPSA) is 135 Å². The number of aromatic hydroxyl groups is 1. The van der Waals surface area contributed by atoms with Crippen molar-refractivity contribution in [2.45, 2.75) is 131 Å². The van der Waals surface area contributed by atoms with Crippen LogP contribution in [0.15, 0.2) is 23.7 Å². The van der Waals surface area contributed by atoms with Crippen LogP contribution in [0.5, 0.6) is 5.75 Å². The first-order valence-electron chi connectivity index (χ1n) is 17.0. The van der Waals surface area contributed by atoms with Crippen LogP contribution in [-0.4, -0.2) is 73.6 Å². The molecule has 47 heavy (non-hydrogen) atoms. The van der Waals surface area contributed by atoms with Crippen molar-refractivity contribution in [3.8, 4) is 16.2 Å². The summed E-state index contributed by atoms with van der Waals surface area (Å²) in [5.74, 6) is -0.859. The Morgan fingerprint density at radius 3 is 2.38 bits per heavy atom. The van der Waals surface area contributed by atoms with Crippen LogP contribution in [0.3, 0.4) is 0 Å². The molecule has 9 nitrogen and oxygen atoms in total. The third kappa shape index (κ3) is 7.68. The van der Waals surface area contributed by atoms with Gasteiger partial charge in [-0.05, 0) is 55.1 Å². The van der Waals surface area contributed by atoms with E-state index in [2.05, 4.69) is 43.3 Å². The Kier molecular flexibility index (Phi) is 11.2. The fourth-order valence-electron chi connectivity index (χ4n) is 7.45. The molecule has 1 saturated heterocycles. The van der Waals surface area contributed by atoms with Crippen molar-refractivity contribution in [1.29, 1.82) is 0 Å². The highest BCUT2D eigenvalue weighted by molar-refractivity contribution is 7.13. The number of likely N-dealkylation sites (tertiary alicyclic amines) is 1. The average Bonchev–Trinajstić information content (AvgIpc) is 3.27. The van der Waals surface area contributed by atoms with Crippen LogP contribution in [-0.2, 0) is 9.59 Å². The Labute approximate surface area is 283 Å². The predicted molar refractivity (Wildman–Crippen MR) is 183 cm³/mol. The summed E-state index contributed by atoms with van der Waals surface area (Å²) in [6.07, 6.45) is 0.318. The van der Waals surface area contributed by atoms with Crippen LogP contribution in [0.25, 0.3) is 10.4 Å². The predicted octanol–water partition coefficient (Wildman–Crippen LogP) is 5.87. The van der Waals surface area contributed by atoms with Crippen molar-refractivity contribution in [3.63, 3.8) is 0 Å². The second kappa shape index (κ2) is 14.1. The number of nitrogens with zero attached hydrogens (tertiary/aromatic N) is 2. The number of halogens is 1. The molecule has 1 aromatic carbocycles. The molecule has 11 heteroatoms. The zero-order chi connectivity index (χ0) is 35.1. The summed E-state index contributed by atoms with van der Waals surface area (Å²) in [4.78, 5) is 34.3. The zero-order valence-corrected chi connectivity index (χ0v) is 30.2. The minimum atomic E-state index is -1.85. The van der Waals surface area contributed by atoms with Gasteiger partial charge in [0.05, 0.1) is 34.3 Å². The molecule has 1 aliphatic heterocycles. The summed E-state index contributed by atoms with van der Waals surface area (Å²) in [7, 11) is 0. The van der Waals surface area contributed by atoms with Gasteiger partial charge in [-0.1, -0.05) is 73.4 Å². The molecule has 4 rings (SSSR count). The van der Waals surface area contributed by atoms with Gasteiger partial charge in [-0.25, -0.2) is 9.37 Å². The second-order valence-corrected chi connectivity index (χ2v) is 16.1. The molecule has 2 aromatic rings. The average molecular weight is 675 g/mol. The van der Waals surface area contributed by atoms with Crippen LogP contribution in [0.1, 0.15) is 105 Å². The van der Waals surface area contributed by atoms with Crippen LogP contribution in [0, 0.1) is 29.6 Å². The van der Waals surface area contributed by atoms with E-state index in [1.807, 2.05) is 33.8 Å². The third-order valence-corrected chi connectivity index (χ3v) is 12.0. The van der Waals surface area contributed by atoms with Gasteiger partial charge in [-0.2, -0.15) is 0 Å². The lowest BCUT2D eigenvalue weighted by molar-refractivity contribution is -0.144. The molecule has 0 bridgehead atoms. The van der Waals surface area contributed by atoms with Gasteiger partial charge in [0, 0.05) is 24.4 Å². The number of benzene rings is 1. The lowest BCUT2D eigenvalue weighted by Crippen LogP contribution is -2.60. The maximum absolute atomic E-state index is 16.2. The van der Waals surface area contributed by atoms with Crippen LogP contribution in [0.4, 0.5) is 4.39 Å². The number of aliphatic hydroxyl groups is 2. The lowest BCUT2D eigenvalue weighted by atomic mass is 9.69. The molecular formula is C36H55FN4O5S. The van der Waals surface area contributed by atoms with Crippen molar-refractivity contribution in [2.24, 2.45) is 22.7 Å². The Balaban J connectivity index is 1.47. The van der Waals surface area contributed by atoms with Gasteiger partial charge in [-0.15, -0.1) is 11.3 Å². The number of aryl methyl sites for hydroxylation is 1. The van der Waals surface area contributed by atoms with E-state index in [1.165, 1.54) is 16.2 Å². The van der Waals surface area contributed by atoms with E-state index in [1.54, 1.807) is 24.6 Å². The Hall–Kier alpha value is -2.60. The molecule has 262 valence electrons. The maximum Gasteiger partial charge on any atom is 0.243 e. The van der Waals surface area contributed by atoms with Crippen molar-refractivity contribution in [1.82, 2.24) is 20.5 Å². The van der Waals surface area contributed by atoms with Gasteiger partial charge in [0.1, 0.15) is 18.0 Å². The van der Waals surface area contributed by atoms with Gasteiger partial charge < -0.3 is 25.5 Å². The monoisotopic (exact) mass is 674 g/mol. The summed E-state index contributed by atoms with van der Waals surface area (Å²) >= 11 is 1.48. The van der Waals surface area contributed by atoms with Crippen molar-refractivity contribution < 1.29 is 29.3 Å². The van der Waals surface area contributed by atoms with E-state index in [4.69, 9.17) is 0 Å². The smallest absolute Gasteiger partial charge is 0.243 e. The fourth-order valence-corrected chi connectivity index (χ4v) is 8.26. The molecule has 2 heterocycles. The molecular weight excluding hydrogens is 619 g/mol. The number of hydrogen-bond acceptors (Lipinski definition) is 8. The highest BCUT2D eigenvalue weighted by Crippen LogP contribution is 2.57. The molecule has 7 atom stereocenters. The number of nitrogens with one attached hydrogen (secondary N) is 2. The summed E-state index contributed by atoms with van der Waals surface area (Å²) < 4.78 is 16.2. The summed E-state index contributed by atoms with van der Waals surface area (Å²) in [5, 5.41) is 38.5. The number of alkyl halides is 1. The maximum atomic E-state index is 16.2. The molecule has 1 aromatic heterocycles. The summed E-state index contributed by atoms with van der Waals surface area (Å²) in [5.41, 5.74) is 1.35. The van der Waals surface area contributed by atoms with Gasteiger partial charge in [0.2, 0.25) is 11.8 Å². The molecule has 5 N–H and O–H groups in total. The molecule has 2 aliphatic rings. The van der Waals surface area contributed by atoms with Gasteiger partial charge in [0.15, 0.2) is 5.67 Å². The van der Waals surface area contributed by atoms with E-state index >= 15 is 4.39 Å². The molecule has 1 saturated carbocycles. The number of thiazole rings is 1. The number of aliphatic hydroxyl groups excluding tert-OH is 2. The Morgan fingerprint density at radius 1 is 1.19 bits per heavy atom. The number of aromatic nitrogens is 1. The number of phenolic OH excluding ortho intramolecular Hbond substituents is 1. The fraction of sp³-hybridized carbons (Fsp3) is 0.694. The first-order valence-corrected chi connectivity index (χ1v) is 17.9. The van der Waals surface area contributed by atoms with E-state index in [9.17, 15) is 24.9 Å². The van der Waals surface area contributed by atoms with E-state index < -0.39 is 53.4 Å². The second-order valence-electron chi connectivity index (χ2n) is 15.3. The number of phenols is 1. The van der Waals surface area contributed by atoms with E-state index in [0.717, 1.165) is 29.0 Å². The quantitative estimate of drug-likeness (QED) is 0.168. The number of carbonyl (C=O) groups is 2. The number of rotatable bonds is 13. The van der Waals surface area contributed by atoms with E-state index in [0.29, 0.717) is 17.9 Å². The lowest BCUT2D eigenvalue weighted by Gasteiger charge is -2.38. The van der Waals surface area contributed by atoms with Crippen molar-refractivity contribution in [3.05, 3.63) is 35.0 Å². The van der Waals surface area contributed by atoms with Gasteiger partial charge in [0.25, 0.3) is 0 Å². The Morgan fingerprint density at radius 2 is 1.85 bits per heavy atom. The van der Waals surface area contributed by atoms with Crippen LogP contribution in [0.2, 0.25) is 0 Å². The summed E-state index contributed by atoms with van der Waals surface area (Å²) in [6.45, 7) is 17.7. The Bertz CT molecular complexity index is 1420. The number of β-amino-alcohol motifs (C(OH)–C–C–N with tert-alkyl or cyclic N) is 1. The SMILES string of the molecule is CCC(CC)(CC1CC1(F)C(O)NC(C(=O)N1CC(O)CC1C(=O)NC(C)c1ccc(-c2scnc2C)cc1O)C(C)(C)C)C(C)C. The van der Waals surface area contributed by atoms with Crippen LogP contribution < -0.4 is 10.6 Å². The standard InChI is InChI=1S/C36H55FN4O5S/c1-10-35(11-2,20(3)4)16-24-17-36(24,37)33(46)40-30(34(7,8)9)32(45)41-18-25(42)15-27(41)31(44)39-21(5)26-13-12-23(14-28(26)43)29-22(6)38-19-47-29/h12-14,19-21,24-25,27,30,33,40,42-43,46H,10-11,15-18H2,1-9H3,(H,39,44). The normalized spacial score (nSPS) is 25.1. The highest BCUT2D eigenvalue weighted by atomic mass is 32.1. The minimum absolute atomic E-state index is 0.0136. The van der Waals surface area contributed by atoms with Gasteiger partial charge >= 0.3 is 0 Å². The van der Waals surface area contributed by atoms with Gasteiger partial charge in [-0.3, -0.25) is 14.9 Å². The van der Waals surface area contributed by atoms with Crippen molar-refractivity contribution >= 4 is 23.2 Å². The molecule has 0 spiro atoms. The van der Waals surface area contributed by atoms with E-state index in [-0.39, 0.29) is 36.5 Å². The molecule has 0 radical (unpaired) electrons. The number of carbonyl (C=O) groups excluding carboxylic acids is 2. The largest absolute Gasteiger partial charge is 0.508 e. The number of amides is 2. The molecule has 2 amide bonds. The van der Waals surface area contributed by atoms with Crippen LogP contribution >= 0.6 is 11.3 Å². The highest BCUT2D eigenvalue weighted by Gasteiger charge is 2.63.